The van der Waals surface area contributed by atoms with Gasteiger partial charge in [0, 0.05) is 20.8 Å². The van der Waals surface area contributed by atoms with Gasteiger partial charge in [0.25, 0.3) is 0 Å². The average molecular weight is 745 g/mol. The highest BCUT2D eigenvalue weighted by molar-refractivity contribution is 14.1. The van der Waals surface area contributed by atoms with Gasteiger partial charge in [-0.25, -0.2) is 4.79 Å². The van der Waals surface area contributed by atoms with Crippen LogP contribution < -0.4 is 4.74 Å². The Morgan fingerprint density at radius 1 is 0.766 bits per heavy atom. The molecule has 5 heteroatoms. The summed E-state index contributed by atoms with van der Waals surface area (Å²) in [6, 6.07) is 28.9. The molecular weight excluding hydrogens is 695 g/mol. The Morgan fingerprint density at radius 2 is 1.34 bits per heavy atom. The first-order valence-corrected chi connectivity index (χ1v) is 17.9. The third kappa shape index (κ3) is 13.1. The number of carbonyl (C=O) groups excluding carboxylic acids is 1. The molecule has 0 bridgehead atoms. The van der Waals surface area contributed by atoms with Crippen LogP contribution in [0.4, 0.5) is 0 Å². The molecule has 0 aliphatic rings. The van der Waals surface area contributed by atoms with Crippen molar-refractivity contribution in [1.82, 2.24) is 0 Å². The van der Waals surface area contributed by atoms with Crippen molar-refractivity contribution in [3.63, 3.8) is 0 Å². The quantitative estimate of drug-likeness (QED) is 0.0408. The second-order valence-corrected chi connectivity index (χ2v) is 12.7. The molecule has 0 unspecified atom stereocenters. The van der Waals surface area contributed by atoms with Gasteiger partial charge in [-0.1, -0.05) is 113 Å². The molecule has 4 nitrogen and oxygen atoms in total. The predicted molar refractivity (Wildman–Crippen MR) is 206 cm³/mol. The summed E-state index contributed by atoms with van der Waals surface area (Å²) in [5, 5.41) is 9.98. The van der Waals surface area contributed by atoms with Crippen LogP contribution in [-0.4, -0.2) is 24.3 Å². The van der Waals surface area contributed by atoms with Crippen molar-refractivity contribution in [2.75, 3.05) is 13.2 Å². The first kappa shape index (κ1) is 37.6. The van der Waals surface area contributed by atoms with Crippen molar-refractivity contribution >= 4 is 34.6 Å². The number of phenolic OH excluding ortho intramolecular Hbond substituents is 1. The highest BCUT2D eigenvalue weighted by Gasteiger charge is 2.08. The van der Waals surface area contributed by atoms with Crippen LogP contribution in [0.5, 0.6) is 11.5 Å². The van der Waals surface area contributed by atoms with Crippen molar-refractivity contribution < 1.29 is 19.4 Å². The molecule has 0 aliphatic carbocycles. The normalized spacial score (nSPS) is 10.7. The molecule has 4 aromatic carbocycles. The van der Waals surface area contributed by atoms with E-state index in [1.807, 2.05) is 30.3 Å². The van der Waals surface area contributed by atoms with Crippen molar-refractivity contribution in [3.8, 4) is 33.8 Å². The number of esters is 1. The lowest BCUT2D eigenvalue weighted by Gasteiger charge is -2.12. The molecule has 0 saturated carbocycles. The van der Waals surface area contributed by atoms with Crippen molar-refractivity contribution in [2.45, 2.75) is 72.1 Å². The summed E-state index contributed by atoms with van der Waals surface area (Å²) in [5.74, 6) is 0.772. The Balaban J connectivity index is 0.000000274. The maximum Gasteiger partial charge on any atom is 0.330 e. The highest BCUT2D eigenvalue weighted by Crippen LogP contribution is 2.33. The van der Waals surface area contributed by atoms with Crippen LogP contribution in [0.25, 0.3) is 28.3 Å². The van der Waals surface area contributed by atoms with Crippen LogP contribution in [0.2, 0.25) is 0 Å². The molecule has 0 radical (unpaired) electrons. The Morgan fingerprint density at radius 3 is 1.87 bits per heavy atom. The fourth-order valence-corrected chi connectivity index (χ4v) is 5.59. The first-order chi connectivity index (χ1) is 22.9. The molecule has 248 valence electrons. The maximum absolute atomic E-state index is 11.5. The van der Waals surface area contributed by atoms with E-state index in [1.54, 1.807) is 25.1 Å². The number of carbonyl (C=O) groups is 1. The fourth-order valence-electron chi connectivity index (χ4n) is 5.11. The largest absolute Gasteiger partial charge is 0.507 e. The van der Waals surface area contributed by atoms with Crippen LogP contribution in [-0.2, 0) is 22.4 Å². The van der Waals surface area contributed by atoms with Gasteiger partial charge >= 0.3 is 5.97 Å². The lowest BCUT2D eigenvalue weighted by Crippen LogP contribution is -1.99. The van der Waals surface area contributed by atoms with Crippen LogP contribution in [0, 0.1) is 3.57 Å². The van der Waals surface area contributed by atoms with Gasteiger partial charge in [0.15, 0.2) is 0 Å². The number of aromatic hydroxyl groups is 1. The third-order valence-corrected chi connectivity index (χ3v) is 8.36. The van der Waals surface area contributed by atoms with E-state index in [-0.39, 0.29) is 5.97 Å². The highest BCUT2D eigenvalue weighted by atomic mass is 127. The molecule has 0 atom stereocenters. The van der Waals surface area contributed by atoms with E-state index in [4.69, 9.17) is 9.47 Å². The van der Waals surface area contributed by atoms with Crippen molar-refractivity contribution in [3.05, 3.63) is 124 Å². The van der Waals surface area contributed by atoms with Gasteiger partial charge in [-0.05, 0) is 113 Å². The molecular formula is C42H49IO4. The molecule has 4 rings (SSSR count). The minimum atomic E-state index is -0.348. The van der Waals surface area contributed by atoms with E-state index in [1.165, 1.54) is 55.7 Å². The van der Waals surface area contributed by atoms with Gasteiger partial charge in [0.1, 0.15) is 18.1 Å². The second-order valence-electron chi connectivity index (χ2n) is 11.4. The maximum atomic E-state index is 11.5. The summed E-state index contributed by atoms with van der Waals surface area (Å²) in [5.41, 5.74) is 7.73. The van der Waals surface area contributed by atoms with Crippen molar-refractivity contribution in [1.29, 1.82) is 0 Å². The number of benzene rings is 4. The van der Waals surface area contributed by atoms with E-state index in [2.05, 4.69) is 91.5 Å². The van der Waals surface area contributed by atoms with Crippen LogP contribution in [0.3, 0.4) is 0 Å². The standard InChI is InChI=1S/C25H30O3.C17H19IO/c1-4-7-8-9-20-10-14-22(15-11-20)23-16-12-21(13-17-25(26)27-6-3)19-24(23)28-18-5-2;1-2-3-4-5-13-6-8-14(9-7-13)16-11-10-15(18)12-17(16)19/h5,10-17,19H,2,4,6-9,18H2,1,3H3;6-12,19H,2-5H2,1H3/b17-13+;. The molecule has 0 spiro atoms. The summed E-state index contributed by atoms with van der Waals surface area (Å²) in [7, 11) is 0. The SMILES string of the molecule is C=CCOc1cc(/C=C/C(=O)OCC)ccc1-c1ccc(CCCCC)cc1.CCCCCc1ccc(-c2ccc(I)cc2O)cc1. The number of unbranched alkanes of at least 4 members (excludes halogenated alkanes) is 4. The molecule has 4 aromatic rings. The Kier molecular flexibility index (Phi) is 16.9. The molecule has 0 aliphatic heterocycles. The van der Waals surface area contributed by atoms with Gasteiger partial charge in [-0.3, -0.25) is 0 Å². The van der Waals surface area contributed by atoms with Gasteiger partial charge < -0.3 is 14.6 Å². The molecule has 47 heavy (non-hydrogen) atoms. The van der Waals surface area contributed by atoms with E-state index >= 15 is 0 Å². The fraction of sp³-hybridized carbons (Fsp3) is 0.310. The Hall–Kier alpha value is -3.84. The lowest BCUT2D eigenvalue weighted by molar-refractivity contribution is -0.137. The second kappa shape index (κ2) is 21.1. The Labute approximate surface area is 295 Å². The topological polar surface area (TPSA) is 55.8 Å². The zero-order chi connectivity index (χ0) is 33.9. The van der Waals surface area contributed by atoms with E-state index < -0.39 is 0 Å². The number of ether oxygens (including phenoxy) is 2. The van der Waals surface area contributed by atoms with Gasteiger partial charge in [0.05, 0.1) is 6.61 Å². The monoisotopic (exact) mass is 744 g/mol. The number of halogens is 1. The summed E-state index contributed by atoms with van der Waals surface area (Å²) >= 11 is 2.21. The minimum Gasteiger partial charge on any atom is -0.507 e. The summed E-state index contributed by atoms with van der Waals surface area (Å²) in [6.07, 6.45) is 14.7. The molecule has 0 saturated heterocycles. The summed E-state index contributed by atoms with van der Waals surface area (Å²) in [6.45, 7) is 10.8. The summed E-state index contributed by atoms with van der Waals surface area (Å²) in [4.78, 5) is 11.5. The molecule has 1 N–H and O–H groups in total. The van der Waals surface area contributed by atoms with Crippen LogP contribution in [0.1, 0.15) is 76.0 Å². The van der Waals surface area contributed by atoms with E-state index in [0.717, 1.165) is 50.0 Å². The van der Waals surface area contributed by atoms with Crippen LogP contribution >= 0.6 is 22.6 Å². The predicted octanol–water partition coefficient (Wildman–Crippen LogP) is 11.6. The number of hydrogen-bond acceptors (Lipinski definition) is 4. The van der Waals surface area contributed by atoms with Gasteiger partial charge in [0.2, 0.25) is 0 Å². The van der Waals surface area contributed by atoms with E-state index in [0.29, 0.717) is 19.0 Å². The number of phenols is 1. The van der Waals surface area contributed by atoms with Crippen LogP contribution in [0.15, 0.2) is 104 Å². The third-order valence-electron chi connectivity index (χ3n) is 7.69. The average Bonchev–Trinajstić information content (AvgIpc) is 3.08. The first-order valence-electron chi connectivity index (χ1n) is 16.8. The molecule has 0 amide bonds. The number of hydrogen-bond donors (Lipinski definition) is 1. The molecule has 0 fully saturated rings. The molecule has 0 aromatic heterocycles. The van der Waals surface area contributed by atoms with E-state index in [9.17, 15) is 9.90 Å². The minimum absolute atomic E-state index is 0.348. The smallest absolute Gasteiger partial charge is 0.330 e. The van der Waals surface area contributed by atoms with Crippen molar-refractivity contribution in [2.24, 2.45) is 0 Å². The van der Waals surface area contributed by atoms with Gasteiger partial charge in [-0.15, -0.1) is 0 Å². The number of aryl methyl sites for hydroxylation is 2. The summed E-state index contributed by atoms with van der Waals surface area (Å²) < 4.78 is 11.9. The molecule has 0 heterocycles. The lowest BCUT2D eigenvalue weighted by atomic mass is 9.99. The number of rotatable bonds is 16. The Bertz CT molecular complexity index is 1560. The zero-order valence-corrected chi connectivity index (χ0v) is 30.3. The van der Waals surface area contributed by atoms with Gasteiger partial charge in [-0.2, -0.15) is 0 Å². The zero-order valence-electron chi connectivity index (χ0n) is 28.1.